The van der Waals surface area contributed by atoms with Crippen LogP contribution in [-0.2, 0) is 14.8 Å². The number of carbonyl (C=O) groups is 1. The standard InChI is InChI=1S/C19H23ClN2O3S/c1-13-5-6-17(11-14(13)2)22(16(4)23)10-9-21-26(24,25)18-7-8-19(20)15(3)12-18/h5-8,11-12,21H,9-10H2,1-4H3. The minimum atomic E-state index is -3.66. The molecule has 0 heterocycles. The van der Waals surface area contributed by atoms with Crippen molar-refractivity contribution in [2.45, 2.75) is 32.6 Å². The van der Waals surface area contributed by atoms with Crippen LogP contribution in [0.25, 0.3) is 0 Å². The monoisotopic (exact) mass is 394 g/mol. The Hall–Kier alpha value is -1.89. The molecule has 0 saturated heterocycles. The molecule has 1 amide bonds. The molecule has 2 aromatic carbocycles. The number of nitrogens with one attached hydrogen (secondary N) is 1. The number of rotatable bonds is 6. The lowest BCUT2D eigenvalue weighted by atomic mass is 10.1. The molecule has 26 heavy (non-hydrogen) atoms. The number of sulfonamides is 1. The van der Waals surface area contributed by atoms with Gasteiger partial charge in [-0.3, -0.25) is 4.79 Å². The van der Waals surface area contributed by atoms with Gasteiger partial charge in [0.1, 0.15) is 0 Å². The van der Waals surface area contributed by atoms with E-state index in [1.807, 2.05) is 32.0 Å². The van der Waals surface area contributed by atoms with Gasteiger partial charge in [-0.25, -0.2) is 13.1 Å². The van der Waals surface area contributed by atoms with Crippen molar-refractivity contribution in [3.63, 3.8) is 0 Å². The van der Waals surface area contributed by atoms with Gasteiger partial charge < -0.3 is 4.90 Å². The number of nitrogens with zero attached hydrogens (tertiary/aromatic N) is 1. The number of amides is 1. The first-order chi connectivity index (χ1) is 12.1. The number of anilines is 1. The number of hydrogen-bond acceptors (Lipinski definition) is 3. The highest BCUT2D eigenvalue weighted by atomic mass is 35.5. The Balaban J connectivity index is 2.10. The molecule has 0 aromatic heterocycles. The average Bonchev–Trinajstić information content (AvgIpc) is 2.56. The van der Waals surface area contributed by atoms with E-state index < -0.39 is 10.0 Å². The van der Waals surface area contributed by atoms with E-state index in [1.54, 1.807) is 17.9 Å². The van der Waals surface area contributed by atoms with Crippen LogP contribution in [0.15, 0.2) is 41.3 Å². The lowest BCUT2D eigenvalue weighted by molar-refractivity contribution is -0.116. The number of benzene rings is 2. The molecule has 140 valence electrons. The highest BCUT2D eigenvalue weighted by Gasteiger charge is 2.17. The third kappa shape index (κ3) is 4.84. The van der Waals surface area contributed by atoms with Gasteiger partial charge in [-0.15, -0.1) is 0 Å². The fraction of sp³-hybridized carbons (Fsp3) is 0.316. The Bertz CT molecular complexity index is 926. The molecule has 0 radical (unpaired) electrons. The van der Waals surface area contributed by atoms with Gasteiger partial charge in [-0.1, -0.05) is 17.7 Å². The van der Waals surface area contributed by atoms with Crippen molar-refractivity contribution in [1.82, 2.24) is 4.72 Å². The maximum Gasteiger partial charge on any atom is 0.240 e. The van der Waals surface area contributed by atoms with Gasteiger partial charge in [-0.05, 0) is 67.8 Å². The van der Waals surface area contributed by atoms with Crippen molar-refractivity contribution >= 4 is 33.2 Å². The zero-order chi connectivity index (χ0) is 19.5. The van der Waals surface area contributed by atoms with Crippen molar-refractivity contribution in [3.05, 3.63) is 58.1 Å². The van der Waals surface area contributed by atoms with E-state index in [0.717, 1.165) is 16.8 Å². The topological polar surface area (TPSA) is 66.5 Å². The van der Waals surface area contributed by atoms with Gasteiger partial charge in [0.05, 0.1) is 4.90 Å². The van der Waals surface area contributed by atoms with Crippen molar-refractivity contribution in [1.29, 1.82) is 0 Å². The fourth-order valence-electron chi connectivity index (χ4n) is 2.52. The van der Waals surface area contributed by atoms with Crippen molar-refractivity contribution in [3.8, 4) is 0 Å². The van der Waals surface area contributed by atoms with Gasteiger partial charge in [0, 0.05) is 30.7 Å². The lowest BCUT2D eigenvalue weighted by Gasteiger charge is -2.22. The number of carbonyl (C=O) groups excluding carboxylic acids is 1. The lowest BCUT2D eigenvalue weighted by Crippen LogP contribution is -2.37. The molecular weight excluding hydrogens is 372 g/mol. The summed E-state index contributed by atoms with van der Waals surface area (Å²) < 4.78 is 27.4. The first-order valence-electron chi connectivity index (χ1n) is 8.23. The quantitative estimate of drug-likeness (QED) is 0.814. The minimum Gasteiger partial charge on any atom is -0.311 e. The summed E-state index contributed by atoms with van der Waals surface area (Å²) in [5, 5.41) is 0.515. The molecule has 0 aliphatic heterocycles. The minimum absolute atomic E-state index is 0.108. The molecule has 0 spiro atoms. The van der Waals surface area contributed by atoms with E-state index in [0.29, 0.717) is 10.6 Å². The summed E-state index contributed by atoms with van der Waals surface area (Å²) in [5.41, 5.74) is 3.65. The SMILES string of the molecule is CC(=O)N(CCNS(=O)(=O)c1ccc(Cl)c(C)c1)c1ccc(C)c(C)c1. The predicted molar refractivity (Wildman–Crippen MR) is 105 cm³/mol. The van der Waals surface area contributed by atoms with E-state index in [1.165, 1.54) is 19.1 Å². The summed E-state index contributed by atoms with van der Waals surface area (Å²) >= 11 is 5.94. The molecule has 2 aromatic rings. The molecule has 0 atom stereocenters. The van der Waals surface area contributed by atoms with E-state index >= 15 is 0 Å². The second-order valence-electron chi connectivity index (χ2n) is 6.25. The Morgan fingerprint density at radius 3 is 2.31 bits per heavy atom. The van der Waals surface area contributed by atoms with Crippen LogP contribution in [0.2, 0.25) is 5.02 Å². The van der Waals surface area contributed by atoms with Crippen LogP contribution in [0.3, 0.4) is 0 Å². The maximum absolute atomic E-state index is 12.4. The van der Waals surface area contributed by atoms with Gasteiger partial charge >= 0.3 is 0 Å². The maximum atomic E-state index is 12.4. The molecule has 2 rings (SSSR count). The highest BCUT2D eigenvalue weighted by Crippen LogP contribution is 2.20. The molecule has 0 aliphatic rings. The highest BCUT2D eigenvalue weighted by molar-refractivity contribution is 7.89. The summed E-state index contributed by atoms with van der Waals surface area (Å²) in [6, 6.07) is 10.3. The second-order valence-corrected chi connectivity index (χ2v) is 8.42. The van der Waals surface area contributed by atoms with E-state index in [-0.39, 0.29) is 23.9 Å². The van der Waals surface area contributed by atoms with Crippen LogP contribution in [-0.4, -0.2) is 27.4 Å². The number of hydrogen-bond donors (Lipinski definition) is 1. The third-order valence-corrected chi connectivity index (χ3v) is 6.13. The third-order valence-electron chi connectivity index (χ3n) is 4.25. The Morgan fingerprint density at radius 2 is 1.73 bits per heavy atom. The van der Waals surface area contributed by atoms with Crippen LogP contribution < -0.4 is 9.62 Å². The molecule has 7 heteroatoms. The average molecular weight is 395 g/mol. The van der Waals surface area contributed by atoms with Gasteiger partial charge in [0.25, 0.3) is 0 Å². The van der Waals surface area contributed by atoms with Gasteiger partial charge in [0.2, 0.25) is 15.9 Å². The Kier molecular flexibility index (Phi) is 6.44. The van der Waals surface area contributed by atoms with Gasteiger partial charge in [0.15, 0.2) is 0 Å². The molecule has 0 bridgehead atoms. The number of halogens is 1. The van der Waals surface area contributed by atoms with Gasteiger partial charge in [-0.2, -0.15) is 0 Å². The van der Waals surface area contributed by atoms with E-state index in [9.17, 15) is 13.2 Å². The first kappa shape index (κ1) is 20.4. The normalized spacial score (nSPS) is 11.4. The van der Waals surface area contributed by atoms with Crippen LogP contribution in [0.1, 0.15) is 23.6 Å². The van der Waals surface area contributed by atoms with E-state index in [4.69, 9.17) is 11.6 Å². The van der Waals surface area contributed by atoms with Crippen molar-refractivity contribution < 1.29 is 13.2 Å². The molecule has 0 fully saturated rings. The summed E-state index contributed by atoms with van der Waals surface area (Å²) in [4.78, 5) is 13.7. The van der Waals surface area contributed by atoms with Crippen LogP contribution in [0.4, 0.5) is 5.69 Å². The molecule has 0 unspecified atom stereocenters. The fourth-order valence-corrected chi connectivity index (χ4v) is 3.74. The molecular formula is C19H23ClN2O3S. The summed E-state index contributed by atoms with van der Waals surface area (Å²) in [6.45, 7) is 7.53. The molecule has 0 saturated carbocycles. The molecule has 0 aliphatic carbocycles. The van der Waals surface area contributed by atoms with Crippen LogP contribution >= 0.6 is 11.6 Å². The predicted octanol–water partition coefficient (Wildman–Crippen LogP) is 3.60. The summed E-state index contributed by atoms with van der Waals surface area (Å²) in [6.07, 6.45) is 0. The Morgan fingerprint density at radius 1 is 1.04 bits per heavy atom. The zero-order valence-corrected chi connectivity index (χ0v) is 16.9. The summed E-state index contributed by atoms with van der Waals surface area (Å²) in [5.74, 6) is -0.144. The zero-order valence-electron chi connectivity index (χ0n) is 15.3. The molecule has 1 N–H and O–H groups in total. The van der Waals surface area contributed by atoms with Crippen molar-refractivity contribution in [2.24, 2.45) is 0 Å². The Labute approximate surface area is 160 Å². The molecule has 5 nitrogen and oxygen atoms in total. The second kappa shape index (κ2) is 8.20. The van der Waals surface area contributed by atoms with Crippen LogP contribution in [0, 0.1) is 20.8 Å². The van der Waals surface area contributed by atoms with Crippen LogP contribution in [0.5, 0.6) is 0 Å². The smallest absolute Gasteiger partial charge is 0.240 e. The summed E-state index contributed by atoms with van der Waals surface area (Å²) in [7, 11) is -3.66. The number of aryl methyl sites for hydroxylation is 3. The first-order valence-corrected chi connectivity index (χ1v) is 10.1. The van der Waals surface area contributed by atoms with Crippen molar-refractivity contribution in [2.75, 3.05) is 18.0 Å². The van der Waals surface area contributed by atoms with E-state index in [2.05, 4.69) is 4.72 Å². The largest absolute Gasteiger partial charge is 0.311 e.